The predicted molar refractivity (Wildman–Crippen MR) is 104 cm³/mol. The Balaban J connectivity index is 1.72. The number of nitrogens with one attached hydrogen (secondary N) is 1. The van der Waals surface area contributed by atoms with E-state index in [1.807, 2.05) is 24.3 Å². The fourth-order valence-electron chi connectivity index (χ4n) is 3.75. The molecule has 8 nitrogen and oxygen atoms in total. The van der Waals surface area contributed by atoms with E-state index in [1.165, 1.54) is 0 Å². The molecular weight excluding hydrogens is 358 g/mol. The van der Waals surface area contributed by atoms with Crippen molar-refractivity contribution in [3.63, 3.8) is 0 Å². The summed E-state index contributed by atoms with van der Waals surface area (Å²) in [7, 11) is 0. The molecule has 1 aliphatic heterocycles. The summed E-state index contributed by atoms with van der Waals surface area (Å²) >= 11 is 0. The average molecular weight is 383 g/mol. The molecule has 0 amide bonds. The third-order valence-corrected chi connectivity index (χ3v) is 4.81. The number of benzene rings is 1. The van der Waals surface area contributed by atoms with Gasteiger partial charge in [-0.3, -0.25) is 4.90 Å². The second-order valence-corrected chi connectivity index (χ2v) is 7.17. The Kier molecular flexibility index (Phi) is 5.15. The van der Waals surface area contributed by atoms with E-state index >= 15 is 0 Å². The largest absolute Gasteiger partial charge is 0.462 e. The Morgan fingerprint density at radius 3 is 2.75 bits per heavy atom. The SMILES string of the molecule is CCOC(=O)c1cnn(-c2nc3ccccc3[nH]2)c1CN1C[C@@H](C)O[C@@H](C)C1. The number of nitrogens with zero attached hydrogens (tertiary/aromatic N) is 4. The Morgan fingerprint density at radius 2 is 2.04 bits per heavy atom. The first-order chi connectivity index (χ1) is 13.5. The predicted octanol–water partition coefficient (Wildman–Crippen LogP) is 2.53. The number of carbonyl (C=O) groups is 1. The van der Waals surface area contributed by atoms with Crippen LogP contribution < -0.4 is 0 Å². The molecule has 2 atom stereocenters. The molecule has 0 unspecified atom stereocenters. The summed E-state index contributed by atoms with van der Waals surface area (Å²) in [6.07, 6.45) is 1.84. The van der Waals surface area contributed by atoms with Crippen LogP contribution in [0.25, 0.3) is 17.0 Å². The molecule has 3 aromatic rings. The summed E-state index contributed by atoms with van der Waals surface area (Å²) in [5, 5.41) is 4.45. The van der Waals surface area contributed by atoms with Crippen LogP contribution in [-0.2, 0) is 16.0 Å². The first kappa shape index (κ1) is 18.6. The first-order valence-electron chi connectivity index (χ1n) is 9.62. The highest BCUT2D eigenvalue weighted by molar-refractivity contribution is 5.90. The number of aromatic nitrogens is 4. The molecule has 0 bridgehead atoms. The lowest BCUT2D eigenvalue weighted by molar-refractivity contribution is -0.0709. The lowest BCUT2D eigenvalue weighted by atomic mass is 10.2. The summed E-state index contributed by atoms with van der Waals surface area (Å²) < 4.78 is 12.8. The van der Waals surface area contributed by atoms with Crippen LogP contribution in [-0.4, -0.2) is 62.5 Å². The number of imidazole rings is 1. The van der Waals surface area contributed by atoms with E-state index < -0.39 is 0 Å². The normalized spacial score (nSPS) is 20.5. The highest BCUT2D eigenvalue weighted by atomic mass is 16.5. The van der Waals surface area contributed by atoms with Crippen LogP contribution in [0.4, 0.5) is 0 Å². The van der Waals surface area contributed by atoms with Crippen LogP contribution in [0.2, 0.25) is 0 Å². The highest BCUT2D eigenvalue weighted by Crippen LogP contribution is 2.21. The minimum Gasteiger partial charge on any atom is -0.462 e. The van der Waals surface area contributed by atoms with Gasteiger partial charge in [0.2, 0.25) is 5.95 Å². The third kappa shape index (κ3) is 3.65. The fraction of sp³-hybridized carbons (Fsp3) is 0.450. The number of carbonyl (C=O) groups excluding carboxylic acids is 1. The van der Waals surface area contributed by atoms with Gasteiger partial charge in [-0.2, -0.15) is 5.10 Å². The maximum absolute atomic E-state index is 12.5. The Hall–Kier alpha value is -2.71. The molecule has 1 saturated heterocycles. The third-order valence-electron chi connectivity index (χ3n) is 4.81. The highest BCUT2D eigenvalue weighted by Gasteiger charge is 2.27. The van der Waals surface area contributed by atoms with Crippen molar-refractivity contribution in [2.45, 2.75) is 39.5 Å². The summed E-state index contributed by atoms with van der Waals surface area (Å²) in [4.78, 5) is 22.7. The molecule has 0 saturated carbocycles. The molecule has 8 heteroatoms. The van der Waals surface area contributed by atoms with E-state index in [4.69, 9.17) is 9.47 Å². The molecule has 1 fully saturated rings. The van der Waals surface area contributed by atoms with Crippen molar-refractivity contribution in [2.75, 3.05) is 19.7 Å². The van der Waals surface area contributed by atoms with Gasteiger partial charge in [0.1, 0.15) is 5.56 Å². The van der Waals surface area contributed by atoms with Crippen molar-refractivity contribution in [3.8, 4) is 5.95 Å². The molecule has 4 rings (SSSR count). The van der Waals surface area contributed by atoms with Crippen molar-refractivity contribution in [1.82, 2.24) is 24.6 Å². The van der Waals surface area contributed by atoms with E-state index in [9.17, 15) is 4.79 Å². The van der Waals surface area contributed by atoms with E-state index in [-0.39, 0.29) is 18.2 Å². The van der Waals surface area contributed by atoms with Gasteiger partial charge in [0.05, 0.1) is 41.7 Å². The molecule has 0 spiro atoms. The molecule has 1 aromatic carbocycles. The topological polar surface area (TPSA) is 85.3 Å². The number of H-pyrrole nitrogens is 1. The zero-order valence-electron chi connectivity index (χ0n) is 16.4. The lowest BCUT2D eigenvalue weighted by Gasteiger charge is -2.35. The minimum atomic E-state index is -0.366. The molecule has 1 N–H and O–H groups in total. The molecule has 3 heterocycles. The molecule has 2 aromatic heterocycles. The number of hydrogen-bond acceptors (Lipinski definition) is 6. The number of ether oxygens (including phenoxy) is 2. The zero-order valence-corrected chi connectivity index (χ0v) is 16.4. The maximum Gasteiger partial charge on any atom is 0.341 e. The Bertz CT molecular complexity index is 936. The van der Waals surface area contributed by atoms with Crippen molar-refractivity contribution in [1.29, 1.82) is 0 Å². The lowest BCUT2D eigenvalue weighted by Crippen LogP contribution is -2.45. The molecule has 148 valence electrons. The summed E-state index contributed by atoms with van der Waals surface area (Å²) in [6.45, 7) is 8.38. The van der Waals surface area contributed by atoms with Crippen LogP contribution in [0, 0.1) is 0 Å². The Labute approximate surface area is 163 Å². The minimum absolute atomic E-state index is 0.136. The van der Waals surface area contributed by atoms with Crippen LogP contribution >= 0.6 is 0 Å². The van der Waals surface area contributed by atoms with Gasteiger partial charge in [-0.25, -0.2) is 14.5 Å². The number of rotatable bonds is 5. The monoisotopic (exact) mass is 383 g/mol. The standard InChI is InChI=1S/C20H25N5O3/c1-4-27-19(26)15-9-21-25(20-22-16-7-5-6-8-17(16)23-20)18(15)12-24-10-13(2)28-14(3)11-24/h5-9,13-14H,4,10-12H2,1-3H3,(H,22,23)/t13-,14+. The number of morpholine rings is 1. The second-order valence-electron chi connectivity index (χ2n) is 7.17. The van der Waals surface area contributed by atoms with E-state index in [1.54, 1.807) is 17.8 Å². The van der Waals surface area contributed by atoms with Crippen molar-refractivity contribution in [2.24, 2.45) is 0 Å². The summed E-state index contributed by atoms with van der Waals surface area (Å²) in [5.74, 6) is 0.218. The van der Waals surface area contributed by atoms with Gasteiger partial charge in [0.25, 0.3) is 0 Å². The molecule has 1 aliphatic rings. The van der Waals surface area contributed by atoms with E-state index in [0.29, 0.717) is 24.7 Å². The molecule has 28 heavy (non-hydrogen) atoms. The van der Waals surface area contributed by atoms with Crippen LogP contribution in [0.15, 0.2) is 30.5 Å². The maximum atomic E-state index is 12.5. The zero-order chi connectivity index (χ0) is 19.7. The van der Waals surface area contributed by atoms with Crippen LogP contribution in [0.3, 0.4) is 0 Å². The number of fused-ring (bicyclic) bond motifs is 1. The first-order valence-corrected chi connectivity index (χ1v) is 9.62. The van der Waals surface area contributed by atoms with Crippen molar-refractivity contribution < 1.29 is 14.3 Å². The molecule has 0 radical (unpaired) electrons. The molecule has 0 aliphatic carbocycles. The van der Waals surface area contributed by atoms with Gasteiger partial charge in [0, 0.05) is 19.6 Å². The average Bonchev–Trinajstić information content (AvgIpc) is 3.24. The summed E-state index contributed by atoms with van der Waals surface area (Å²) in [6, 6.07) is 7.80. The van der Waals surface area contributed by atoms with Crippen LogP contribution in [0.5, 0.6) is 0 Å². The van der Waals surface area contributed by atoms with Gasteiger partial charge < -0.3 is 14.5 Å². The van der Waals surface area contributed by atoms with Crippen molar-refractivity contribution in [3.05, 3.63) is 41.7 Å². The summed E-state index contributed by atoms with van der Waals surface area (Å²) in [5.41, 5.74) is 3.00. The number of para-hydroxylation sites is 2. The van der Waals surface area contributed by atoms with Gasteiger partial charge in [0.15, 0.2) is 0 Å². The van der Waals surface area contributed by atoms with E-state index in [2.05, 4.69) is 33.8 Å². The second kappa shape index (κ2) is 7.73. The van der Waals surface area contributed by atoms with Crippen molar-refractivity contribution >= 4 is 17.0 Å². The quantitative estimate of drug-likeness (QED) is 0.682. The number of aromatic amines is 1. The Morgan fingerprint density at radius 1 is 1.29 bits per heavy atom. The molecular formula is C20H25N5O3. The van der Waals surface area contributed by atoms with Gasteiger partial charge in [-0.05, 0) is 32.9 Å². The van der Waals surface area contributed by atoms with Gasteiger partial charge in [-0.1, -0.05) is 12.1 Å². The smallest absolute Gasteiger partial charge is 0.341 e. The number of esters is 1. The van der Waals surface area contributed by atoms with Crippen LogP contribution in [0.1, 0.15) is 36.8 Å². The van der Waals surface area contributed by atoms with E-state index in [0.717, 1.165) is 29.8 Å². The fourth-order valence-corrected chi connectivity index (χ4v) is 3.75. The number of hydrogen-bond donors (Lipinski definition) is 1. The van der Waals surface area contributed by atoms with Gasteiger partial charge >= 0.3 is 5.97 Å². The van der Waals surface area contributed by atoms with Gasteiger partial charge in [-0.15, -0.1) is 0 Å².